The predicted molar refractivity (Wildman–Crippen MR) is 94.8 cm³/mol. The first-order chi connectivity index (χ1) is 11.9. The number of ether oxygens (including phenoxy) is 1. The van der Waals surface area contributed by atoms with Crippen LogP contribution in [0.1, 0.15) is 24.2 Å². The Balaban J connectivity index is 1.76. The number of aryl methyl sites for hydroxylation is 2. The van der Waals surface area contributed by atoms with Gasteiger partial charge in [0.05, 0.1) is 6.61 Å². The number of hydrogen-bond donors (Lipinski definition) is 0. The third kappa shape index (κ3) is 4.15. The Morgan fingerprint density at radius 1 is 1.12 bits per heavy atom. The maximum atomic E-state index is 14.4. The molecule has 1 fully saturated rings. The van der Waals surface area contributed by atoms with Crippen LogP contribution in [0.5, 0.6) is 5.75 Å². The third-order valence-corrected chi connectivity index (χ3v) is 4.84. The maximum absolute atomic E-state index is 14.4. The van der Waals surface area contributed by atoms with Crippen molar-refractivity contribution in [3.8, 4) is 16.9 Å². The van der Waals surface area contributed by atoms with Crippen molar-refractivity contribution in [2.45, 2.75) is 26.7 Å². The zero-order valence-corrected chi connectivity index (χ0v) is 15.0. The monoisotopic (exact) mass is 346 g/mol. The van der Waals surface area contributed by atoms with Gasteiger partial charge in [0, 0.05) is 17.0 Å². The van der Waals surface area contributed by atoms with Crippen LogP contribution in [0.15, 0.2) is 24.3 Å². The Labute approximate surface area is 147 Å². The van der Waals surface area contributed by atoms with Crippen molar-refractivity contribution in [2.24, 2.45) is 5.92 Å². The van der Waals surface area contributed by atoms with Crippen LogP contribution < -0.4 is 4.74 Å². The number of halogens is 2. The van der Waals surface area contributed by atoms with E-state index in [9.17, 15) is 8.78 Å². The Hall–Kier alpha value is -2.01. The largest absolute Gasteiger partial charge is 0.487 e. The Kier molecular flexibility index (Phi) is 5.33. The van der Waals surface area contributed by atoms with Crippen LogP contribution in [0.25, 0.3) is 11.1 Å². The van der Waals surface area contributed by atoms with Crippen molar-refractivity contribution in [1.29, 1.82) is 0 Å². The molecule has 3 nitrogen and oxygen atoms in total. The molecule has 25 heavy (non-hydrogen) atoms. The highest BCUT2D eigenvalue weighted by molar-refractivity contribution is 5.67. The van der Waals surface area contributed by atoms with Gasteiger partial charge in [-0.15, -0.1) is 0 Å². The fourth-order valence-corrected chi connectivity index (χ4v) is 3.27. The van der Waals surface area contributed by atoms with Gasteiger partial charge in [0.2, 0.25) is 0 Å². The minimum Gasteiger partial charge on any atom is -0.487 e. The van der Waals surface area contributed by atoms with Crippen molar-refractivity contribution in [2.75, 3.05) is 26.7 Å². The third-order valence-electron chi connectivity index (χ3n) is 4.84. The number of pyridine rings is 1. The number of rotatable bonds is 4. The fourth-order valence-electron chi connectivity index (χ4n) is 3.27. The van der Waals surface area contributed by atoms with Crippen molar-refractivity contribution in [1.82, 2.24) is 9.88 Å². The van der Waals surface area contributed by atoms with Crippen molar-refractivity contribution in [3.63, 3.8) is 0 Å². The maximum Gasteiger partial charge on any atom is 0.190 e. The van der Waals surface area contributed by atoms with E-state index in [0.717, 1.165) is 42.9 Å². The molecule has 1 saturated heterocycles. The van der Waals surface area contributed by atoms with E-state index in [1.165, 1.54) is 12.1 Å². The van der Waals surface area contributed by atoms with Gasteiger partial charge in [0.25, 0.3) is 0 Å². The lowest BCUT2D eigenvalue weighted by Crippen LogP contribution is -2.32. The second-order valence-electron chi connectivity index (χ2n) is 6.91. The van der Waals surface area contributed by atoms with Crippen LogP contribution in [0.2, 0.25) is 0 Å². The molecule has 0 spiro atoms. The molecule has 2 heterocycles. The zero-order chi connectivity index (χ0) is 18.0. The number of likely N-dealkylation sites (tertiary alicyclic amines) is 1. The van der Waals surface area contributed by atoms with E-state index in [2.05, 4.69) is 16.9 Å². The molecule has 1 aliphatic rings. The summed E-state index contributed by atoms with van der Waals surface area (Å²) in [6, 6.07) is 6.33. The highest BCUT2D eigenvalue weighted by Gasteiger charge is 2.20. The predicted octanol–water partition coefficient (Wildman–Crippen LogP) is 4.36. The molecular formula is C20H24F2N2O. The molecule has 1 aromatic carbocycles. The summed E-state index contributed by atoms with van der Waals surface area (Å²) in [6.45, 7) is 6.07. The number of hydrogen-bond acceptors (Lipinski definition) is 3. The van der Waals surface area contributed by atoms with E-state index in [-0.39, 0.29) is 5.75 Å². The molecule has 2 aromatic rings. The highest BCUT2D eigenvalue weighted by atomic mass is 19.1. The molecule has 5 heteroatoms. The number of aromatic nitrogens is 1. The summed E-state index contributed by atoms with van der Waals surface area (Å²) in [5.41, 5.74) is 2.83. The second kappa shape index (κ2) is 7.48. The molecule has 1 aromatic heterocycles. The van der Waals surface area contributed by atoms with E-state index in [1.807, 2.05) is 26.0 Å². The second-order valence-corrected chi connectivity index (χ2v) is 6.91. The molecule has 0 atom stereocenters. The minimum atomic E-state index is -0.664. The fraction of sp³-hybridized carbons (Fsp3) is 0.450. The van der Waals surface area contributed by atoms with Gasteiger partial charge in [-0.2, -0.15) is 0 Å². The van der Waals surface area contributed by atoms with Gasteiger partial charge >= 0.3 is 0 Å². The topological polar surface area (TPSA) is 25.4 Å². The van der Waals surface area contributed by atoms with Gasteiger partial charge in [-0.05, 0) is 76.5 Å². The lowest BCUT2D eigenvalue weighted by atomic mass is 9.98. The normalized spacial score (nSPS) is 16.2. The Morgan fingerprint density at radius 2 is 1.76 bits per heavy atom. The van der Waals surface area contributed by atoms with E-state index in [0.29, 0.717) is 18.1 Å². The number of nitrogens with zero attached hydrogens (tertiary/aromatic N) is 2. The van der Waals surface area contributed by atoms with Crippen LogP contribution in [-0.4, -0.2) is 36.6 Å². The SMILES string of the molecule is Cc1ccc(-c2cc(F)c(OCC3CCN(C)CC3)c(F)c2)c(C)n1. The van der Waals surface area contributed by atoms with E-state index < -0.39 is 11.6 Å². The molecule has 0 unspecified atom stereocenters. The average molecular weight is 346 g/mol. The van der Waals surface area contributed by atoms with Crippen LogP contribution in [0, 0.1) is 31.4 Å². The molecule has 0 aliphatic carbocycles. The molecule has 3 rings (SSSR count). The Bertz CT molecular complexity index is 732. The molecule has 134 valence electrons. The van der Waals surface area contributed by atoms with Crippen molar-refractivity contribution >= 4 is 0 Å². The summed E-state index contributed by atoms with van der Waals surface area (Å²) in [5.74, 6) is -1.26. The molecule has 0 N–H and O–H groups in total. The van der Waals surface area contributed by atoms with Crippen LogP contribution in [0.4, 0.5) is 8.78 Å². The molecular weight excluding hydrogens is 322 g/mol. The van der Waals surface area contributed by atoms with Crippen LogP contribution in [-0.2, 0) is 0 Å². The molecule has 0 radical (unpaired) electrons. The first-order valence-electron chi connectivity index (χ1n) is 8.69. The molecule has 0 bridgehead atoms. The van der Waals surface area contributed by atoms with E-state index in [4.69, 9.17) is 4.74 Å². The van der Waals surface area contributed by atoms with E-state index in [1.54, 1.807) is 0 Å². The highest BCUT2D eigenvalue weighted by Crippen LogP contribution is 2.31. The quantitative estimate of drug-likeness (QED) is 0.822. The van der Waals surface area contributed by atoms with Crippen LogP contribution in [0.3, 0.4) is 0 Å². The Morgan fingerprint density at radius 3 is 2.36 bits per heavy atom. The standard InChI is InChI=1S/C20H24F2N2O/c1-13-4-5-17(14(2)23-13)16-10-18(21)20(19(22)11-16)25-12-15-6-8-24(3)9-7-15/h4-5,10-11,15H,6-9,12H2,1-3H3. The number of piperidine rings is 1. The van der Waals surface area contributed by atoms with E-state index >= 15 is 0 Å². The summed E-state index contributed by atoms with van der Waals surface area (Å²) in [7, 11) is 2.08. The summed E-state index contributed by atoms with van der Waals surface area (Å²) >= 11 is 0. The summed E-state index contributed by atoms with van der Waals surface area (Å²) in [5, 5.41) is 0. The van der Waals surface area contributed by atoms with Gasteiger partial charge in [0.15, 0.2) is 17.4 Å². The minimum absolute atomic E-state index is 0.277. The first-order valence-corrected chi connectivity index (χ1v) is 8.69. The van der Waals surface area contributed by atoms with Gasteiger partial charge in [-0.3, -0.25) is 4.98 Å². The van der Waals surface area contributed by atoms with Crippen molar-refractivity contribution in [3.05, 3.63) is 47.3 Å². The summed E-state index contributed by atoms with van der Waals surface area (Å²) in [4.78, 5) is 6.61. The van der Waals surface area contributed by atoms with Gasteiger partial charge in [0.1, 0.15) is 0 Å². The lowest BCUT2D eigenvalue weighted by molar-refractivity contribution is 0.153. The average Bonchev–Trinajstić information content (AvgIpc) is 2.55. The van der Waals surface area contributed by atoms with Crippen molar-refractivity contribution < 1.29 is 13.5 Å². The van der Waals surface area contributed by atoms with Crippen LogP contribution >= 0.6 is 0 Å². The molecule has 1 aliphatic heterocycles. The van der Waals surface area contributed by atoms with Gasteiger partial charge < -0.3 is 9.64 Å². The molecule has 0 amide bonds. The van der Waals surface area contributed by atoms with Gasteiger partial charge in [-0.1, -0.05) is 6.07 Å². The first kappa shape index (κ1) is 17.8. The van der Waals surface area contributed by atoms with Gasteiger partial charge in [-0.25, -0.2) is 8.78 Å². The lowest BCUT2D eigenvalue weighted by Gasteiger charge is -2.28. The smallest absolute Gasteiger partial charge is 0.190 e. The summed E-state index contributed by atoms with van der Waals surface area (Å²) < 4.78 is 34.4. The number of benzene rings is 1. The zero-order valence-electron chi connectivity index (χ0n) is 15.0. The molecule has 0 saturated carbocycles. The summed E-state index contributed by atoms with van der Waals surface area (Å²) in [6.07, 6.45) is 1.98.